The number of hydrogen-bond acceptors (Lipinski definition) is 3. The van der Waals surface area contributed by atoms with E-state index in [9.17, 15) is 8.42 Å². The summed E-state index contributed by atoms with van der Waals surface area (Å²) in [7, 11) is 0.272. The van der Waals surface area contributed by atoms with Gasteiger partial charge in [-0.05, 0) is 30.7 Å². The molecule has 0 bridgehead atoms. The SMILES string of the molecule is C=CCN(CC=C)S(=O)(=O)c1cccc2c(N(C)C)cc(C)cc12. The van der Waals surface area contributed by atoms with Gasteiger partial charge in [-0.15, -0.1) is 13.2 Å². The molecule has 0 atom stereocenters. The van der Waals surface area contributed by atoms with Gasteiger partial charge in [-0.3, -0.25) is 0 Å². The summed E-state index contributed by atoms with van der Waals surface area (Å²) in [5.74, 6) is 0. The highest BCUT2D eigenvalue weighted by Crippen LogP contribution is 2.33. The van der Waals surface area contributed by atoms with Gasteiger partial charge in [0.05, 0.1) is 4.90 Å². The minimum Gasteiger partial charge on any atom is -0.377 e. The van der Waals surface area contributed by atoms with Gasteiger partial charge in [-0.25, -0.2) is 8.42 Å². The second-order valence-electron chi connectivity index (χ2n) is 5.93. The molecule has 0 radical (unpaired) electrons. The fourth-order valence-electron chi connectivity index (χ4n) is 2.77. The topological polar surface area (TPSA) is 40.6 Å². The van der Waals surface area contributed by atoms with Crippen LogP contribution in [0.4, 0.5) is 5.69 Å². The molecule has 4 nitrogen and oxygen atoms in total. The summed E-state index contributed by atoms with van der Waals surface area (Å²) in [5, 5.41) is 1.66. The van der Waals surface area contributed by atoms with Crippen LogP contribution in [-0.4, -0.2) is 39.9 Å². The molecule has 0 spiro atoms. The third-order valence-electron chi connectivity index (χ3n) is 3.84. The van der Waals surface area contributed by atoms with Crippen molar-refractivity contribution in [1.29, 1.82) is 0 Å². The van der Waals surface area contributed by atoms with Crippen LogP contribution >= 0.6 is 0 Å². The van der Waals surface area contributed by atoms with E-state index in [1.54, 1.807) is 24.3 Å². The second-order valence-corrected chi connectivity index (χ2v) is 7.84. The summed E-state index contributed by atoms with van der Waals surface area (Å²) in [5.41, 5.74) is 2.02. The Labute approximate surface area is 144 Å². The summed E-state index contributed by atoms with van der Waals surface area (Å²) < 4.78 is 27.6. The molecule has 5 heteroatoms. The van der Waals surface area contributed by atoms with Crippen molar-refractivity contribution in [3.8, 4) is 0 Å². The number of rotatable bonds is 7. The Bertz CT molecular complexity index is 860. The van der Waals surface area contributed by atoms with E-state index < -0.39 is 10.0 Å². The lowest BCUT2D eigenvalue weighted by atomic mass is 10.0. The Morgan fingerprint density at radius 3 is 2.21 bits per heavy atom. The molecule has 2 aromatic rings. The number of anilines is 1. The standard InChI is InChI=1S/C19H24N2O2S/c1-6-11-21(12-7-2)24(22,23)19-10-8-9-16-17(19)13-15(3)14-18(16)20(4)5/h6-10,13-14H,1-2,11-12H2,3-5H3. The monoisotopic (exact) mass is 344 g/mol. The van der Waals surface area contributed by atoms with Gasteiger partial charge < -0.3 is 4.90 Å². The molecular weight excluding hydrogens is 320 g/mol. The van der Waals surface area contributed by atoms with E-state index in [1.165, 1.54) is 4.31 Å². The first-order valence-electron chi connectivity index (χ1n) is 7.75. The zero-order valence-corrected chi connectivity index (χ0v) is 15.3. The van der Waals surface area contributed by atoms with Crippen molar-refractivity contribution in [2.24, 2.45) is 0 Å². The summed E-state index contributed by atoms with van der Waals surface area (Å²) in [6.07, 6.45) is 3.17. The summed E-state index contributed by atoms with van der Waals surface area (Å²) in [6, 6.07) is 9.39. The summed E-state index contributed by atoms with van der Waals surface area (Å²) in [6.45, 7) is 9.78. The maximum Gasteiger partial charge on any atom is 0.244 e. The van der Waals surface area contributed by atoms with Crippen molar-refractivity contribution < 1.29 is 8.42 Å². The van der Waals surface area contributed by atoms with E-state index in [0.717, 1.165) is 22.0 Å². The molecule has 0 unspecified atom stereocenters. The predicted octanol–water partition coefficient (Wildman–Crippen LogP) is 3.58. The molecular formula is C19H24N2O2S. The third kappa shape index (κ3) is 3.37. The lowest BCUT2D eigenvalue weighted by Crippen LogP contribution is -2.31. The quantitative estimate of drug-likeness (QED) is 0.721. The Kier molecular flexibility index (Phi) is 5.47. The molecule has 0 aliphatic carbocycles. The lowest BCUT2D eigenvalue weighted by molar-refractivity contribution is 0.475. The van der Waals surface area contributed by atoms with Gasteiger partial charge in [0.1, 0.15) is 0 Å². The largest absolute Gasteiger partial charge is 0.377 e. The van der Waals surface area contributed by atoms with Crippen LogP contribution in [-0.2, 0) is 10.0 Å². The van der Waals surface area contributed by atoms with Gasteiger partial charge in [-0.1, -0.05) is 24.3 Å². The van der Waals surface area contributed by atoms with Crippen LogP contribution in [0.2, 0.25) is 0 Å². The highest BCUT2D eigenvalue weighted by molar-refractivity contribution is 7.89. The van der Waals surface area contributed by atoms with Crippen molar-refractivity contribution in [2.75, 3.05) is 32.1 Å². The van der Waals surface area contributed by atoms with Crippen LogP contribution in [0.1, 0.15) is 5.56 Å². The number of benzene rings is 2. The molecule has 0 aliphatic heterocycles. The molecule has 0 heterocycles. The van der Waals surface area contributed by atoms with Gasteiger partial charge in [0.25, 0.3) is 0 Å². The van der Waals surface area contributed by atoms with Gasteiger partial charge in [-0.2, -0.15) is 4.31 Å². The van der Waals surface area contributed by atoms with Gasteiger partial charge in [0.15, 0.2) is 0 Å². The highest BCUT2D eigenvalue weighted by Gasteiger charge is 2.25. The Balaban J connectivity index is 2.77. The molecule has 0 amide bonds. The predicted molar refractivity (Wildman–Crippen MR) is 102 cm³/mol. The Hall–Kier alpha value is -2.11. The van der Waals surface area contributed by atoms with Crippen LogP contribution in [0.15, 0.2) is 60.5 Å². The van der Waals surface area contributed by atoms with Crippen molar-refractivity contribution in [2.45, 2.75) is 11.8 Å². The summed E-state index contributed by atoms with van der Waals surface area (Å²) in [4.78, 5) is 2.31. The molecule has 0 aromatic heterocycles. The van der Waals surface area contributed by atoms with Crippen LogP contribution in [0.3, 0.4) is 0 Å². The van der Waals surface area contributed by atoms with Crippen LogP contribution in [0.5, 0.6) is 0 Å². The summed E-state index contributed by atoms with van der Waals surface area (Å²) >= 11 is 0. The van der Waals surface area contributed by atoms with E-state index in [0.29, 0.717) is 4.90 Å². The number of sulfonamides is 1. The lowest BCUT2D eigenvalue weighted by Gasteiger charge is -2.22. The molecule has 2 aromatic carbocycles. The molecule has 128 valence electrons. The normalized spacial score (nSPS) is 11.7. The first-order chi connectivity index (χ1) is 11.3. The third-order valence-corrected chi connectivity index (χ3v) is 5.73. The first kappa shape index (κ1) is 18.2. The second kappa shape index (κ2) is 7.20. The number of fused-ring (bicyclic) bond motifs is 1. The van der Waals surface area contributed by atoms with Crippen molar-refractivity contribution in [1.82, 2.24) is 4.31 Å². The Morgan fingerprint density at radius 2 is 1.67 bits per heavy atom. The molecule has 0 aliphatic rings. The van der Waals surface area contributed by atoms with Crippen molar-refractivity contribution in [3.63, 3.8) is 0 Å². The van der Waals surface area contributed by atoms with E-state index in [4.69, 9.17) is 0 Å². The van der Waals surface area contributed by atoms with Crippen LogP contribution in [0.25, 0.3) is 10.8 Å². The number of hydrogen-bond donors (Lipinski definition) is 0. The van der Waals surface area contributed by atoms with E-state index in [1.807, 2.05) is 38.1 Å². The van der Waals surface area contributed by atoms with Crippen molar-refractivity contribution >= 4 is 26.5 Å². The van der Waals surface area contributed by atoms with E-state index in [-0.39, 0.29) is 13.1 Å². The maximum atomic E-state index is 13.1. The van der Waals surface area contributed by atoms with Crippen molar-refractivity contribution in [3.05, 3.63) is 61.2 Å². The Morgan fingerprint density at radius 1 is 1.04 bits per heavy atom. The zero-order valence-electron chi connectivity index (χ0n) is 14.5. The zero-order chi connectivity index (χ0) is 17.9. The molecule has 0 saturated heterocycles. The minimum atomic E-state index is -3.64. The average molecular weight is 344 g/mol. The first-order valence-corrected chi connectivity index (χ1v) is 9.19. The molecule has 2 rings (SSSR count). The minimum absolute atomic E-state index is 0.247. The molecule has 0 fully saturated rings. The number of nitrogens with zero attached hydrogens (tertiary/aromatic N) is 2. The molecule has 0 saturated carbocycles. The fourth-order valence-corrected chi connectivity index (χ4v) is 4.35. The fraction of sp³-hybridized carbons (Fsp3) is 0.263. The number of aryl methyl sites for hydroxylation is 1. The van der Waals surface area contributed by atoms with Gasteiger partial charge in [0, 0.05) is 43.6 Å². The van der Waals surface area contributed by atoms with Gasteiger partial charge in [0.2, 0.25) is 10.0 Å². The molecule has 24 heavy (non-hydrogen) atoms. The van der Waals surface area contributed by atoms with Crippen LogP contribution < -0.4 is 4.90 Å². The van der Waals surface area contributed by atoms with Crippen LogP contribution in [0, 0.1) is 6.92 Å². The van der Waals surface area contributed by atoms with E-state index in [2.05, 4.69) is 19.2 Å². The molecule has 0 N–H and O–H groups in total. The van der Waals surface area contributed by atoms with Gasteiger partial charge >= 0.3 is 0 Å². The average Bonchev–Trinajstić information content (AvgIpc) is 2.53. The maximum absolute atomic E-state index is 13.1. The van der Waals surface area contributed by atoms with E-state index >= 15 is 0 Å². The smallest absolute Gasteiger partial charge is 0.244 e. The highest BCUT2D eigenvalue weighted by atomic mass is 32.2.